The van der Waals surface area contributed by atoms with Crippen molar-refractivity contribution in [1.29, 1.82) is 0 Å². The molecule has 1 N–H and O–H groups in total. The van der Waals surface area contributed by atoms with Crippen LogP contribution in [-0.2, 0) is 17.7 Å². The van der Waals surface area contributed by atoms with Crippen molar-refractivity contribution in [2.75, 3.05) is 13.1 Å². The van der Waals surface area contributed by atoms with Crippen molar-refractivity contribution in [3.05, 3.63) is 26.6 Å². The van der Waals surface area contributed by atoms with E-state index < -0.39 is 5.60 Å². The molecule has 0 bridgehead atoms. The van der Waals surface area contributed by atoms with Crippen molar-refractivity contribution in [3.8, 4) is 0 Å². The molecule has 1 fully saturated rings. The maximum absolute atomic E-state index is 13.1. The first-order chi connectivity index (χ1) is 15.1. The lowest BCUT2D eigenvalue weighted by Crippen LogP contribution is -2.47. The first-order valence-electron chi connectivity index (χ1n) is 11.5. The van der Waals surface area contributed by atoms with Crippen molar-refractivity contribution in [3.63, 3.8) is 0 Å². The van der Waals surface area contributed by atoms with Crippen LogP contribution in [0.2, 0.25) is 0 Å². The summed E-state index contributed by atoms with van der Waals surface area (Å²) in [6.45, 7) is 9.18. The Balaban J connectivity index is 1.46. The fraction of sp³-hybridized carbons (Fsp3) is 0.652. The minimum Gasteiger partial charge on any atom is -0.444 e. The van der Waals surface area contributed by atoms with Crippen LogP contribution in [0.1, 0.15) is 73.9 Å². The molecular formula is C23H32N4O4S. The van der Waals surface area contributed by atoms with Gasteiger partial charge in [-0.2, -0.15) is 0 Å². The van der Waals surface area contributed by atoms with E-state index in [1.807, 2.05) is 27.7 Å². The van der Waals surface area contributed by atoms with Gasteiger partial charge in [0.25, 0.3) is 11.5 Å². The molecule has 0 spiro atoms. The lowest BCUT2D eigenvalue weighted by atomic mass is 10.0. The fourth-order valence-electron chi connectivity index (χ4n) is 4.41. The third kappa shape index (κ3) is 4.67. The number of likely N-dealkylation sites (tertiary alicyclic amines) is 1. The van der Waals surface area contributed by atoms with Crippen LogP contribution < -0.4 is 10.9 Å². The van der Waals surface area contributed by atoms with Crippen LogP contribution in [0.15, 0.2) is 4.79 Å². The molecule has 0 radical (unpaired) electrons. The number of thiophene rings is 1. The summed E-state index contributed by atoms with van der Waals surface area (Å²) in [5.74, 6) is 0.670. The molecule has 32 heavy (non-hydrogen) atoms. The van der Waals surface area contributed by atoms with Gasteiger partial charge in [0, 0.05) is 32.1 Å². The van der Waals surface area contributed by atoms with E-state index in [4.69, 9.17) is 9.72 Å². The molecule has 2 aromatic heterocycles. The van der Waals surface area contributed by atoms with Crippen LogP contribution in [-0.4, -0.2) is 51.2 Å². The minimum atomic E-state index is -0.522. The number of aryl methyl sites for hydroxylation is 2. The topological polar surface area (TPSA) is 93.5 Å². The van der Waals surface area contributed by atoms with Gasteiger partial charge in [-0.1, -0.05) is 6.42 Å². The molecule has 8 nitrogen and oxygen atoms in total. The van der Waals surface area contributed by atoms with E-state index in [1.165, 1.54) is 11.3 Å². The Morgan fingerprint density at radius 3 is 2.53 bits per heavy atom. The number of fused-ring (bicyclic) bond motifs is 2. The van der Waals surface area contributed by atoms with Crippen LogP contribution in [0.4, 0.5) is 4.79 Å². The summed E-state index contributed by atoms with van der Waals surface area (Å²) in [6, 6.07) is -0.0171. The Morgan fingerprint density at radius 1 is 1.12 bits per heavy atom. The SMILES string of the molecule is Cc1c(C(=O)NC2CCN(C(=O)OC(C)(C)C)CC2)sc2nc3n(c(=O)c12)CCCCC3. The Hall–Kier alpha value is -2.42. The molecule has 2 aliphatic rings. The predicted molar refractivity (Wildman–Crippen MR) is 124 cm³/mol. The van der Waals surface area contributed by atoms with Gasteiger partial charge in [-0.25, -0.2) is 9.78 Å². The number of carbonyl (C=O) groups is 2. The van der Waals surface area contributed by atoms with Crippen LogP contribution >= 0.6 is 11.3 Å². The van der Waals surface area contributed by atoms with Gasteiger partial charge < -0.3 is 15.0 Å². The summed E-state index contributed by atoms with van der Waals surface area (Å²) < 4.78 is 7.23. The predicted octanol–water partition coefficient (Wildman–Crippen LogP) is 3.62. The summed E-state index contributed by atoms with van der Waals surface area (Å²) in [4.78, 5) is 46.1. The minimum absolute atomic E-state index is 0.0171. The van der Waals surface area contributed by atoms with Gasteiger partial charge in [0.2, 0.25) is 0 Å². The molecule has 1 saturated heterocycles. The van der Waals surface area contributed by atoms with Gasteiger partial charge in [-0.15, -0.1) is 11.3 Å². The maximum Gasteiger partial charge on any atom is 0.410 e. The monoisotopic (exact) mass is 460 g/mol. The highest BCUT2D eigenvalue weighted by Crippen LogP contribution is 2.29. The Bertz CT molecular complexity index is 1090. The van der Waals surface area contributed by atoms with Gasteiger partial charge in [-0.05, 0) is 58.9 Å². The number of nitrogens with zero attached hydrogens (tertiary/aromatic N) is 3. The van der Waals surface area contributed by atoms with Crippen molar-refractivity contribution in [2.24, 2.45) is 0 Å². The number of piperidine rings is 1. The highest BCUT2D eigenvalue weighted by Gasteiger charge is 2.29. The molecule has 0 atom stereocenters. The number of aromatic nitrogens is 2. The Morgan fingerprint density at radius 2 is 1.84 bits per heavy atom. The highest BCUT2D eigenvalue weighted by atomic mass is 32.1. The molecule has 9 heteroatoms. The third-order valence-electron chi connectivity index (χ3n) is 6.10. The first kappa shape index (κ1) is 22.8. The van der Waals surface area contributed by atoms with E-state index in [-0.39, 0.29) is 23.6 Å². The number of ether oxygens (including phenoxy) is 1. The van der Waals surface area contributed by atoms with Gasteiger partial charge in [-0.3, -0.25) is 14.2 Å². The largest absolute Gasteiger partial charge is 0.444 e. The summed E-state index contributed by atoms with van der Waals surface area (Å²) in [7, 11) is 0. The lowest BCUT2D eigenvalue weighted by Gasteiger charge is -2.33. The lowest BCUT2D eigenvalue weighted by molar-refractivity contribution is 0.0200. The van der Waals surface area contributed by atoms with Gasteiger partial charge in [0.1, 0.15) is 16.3 Å². The Kier molecular flexibility index (Phi) is 6.29. The first-order valence-corrected chi connectivity index (χ1v) is 12.3. The van der Waals surface area contributed by atoms with Crippen LogP contribution in [0.5, 0.6) is 0 Å². The molecular weight excluding hydrogens is 428 g/mol. The summed E-state index contributed by atoms with van der Waals surface area (Å²) in [5, 5.41) is 3.67. The van der Waals surface area contributed by atoms with Crippen LogP contribution in [0, 0.1) is 6.92 Å². The average molecular weight is 461 g/mol. The van der Waals surface area contributed by atoms with Gasteiger partial charge in [0.15, 0.2) is 0 Å². The Labute approximate surface area is 192 Å². The smallest absolute Gasteiger partial charge is 0.410 e. The second-order valence-corrected chi connectivity index (χ2v) is 10.7. The summed E-state index contributed by atoms with van der Waals surface area (Å²) in [5.41, 5.74) is 0.169. The van der Waals surface area contributed by atoms with E-state index >= 15 is 0 Å². The number of hydrogen-bond donors (Lipinski definition) is 1. The second kappa shape index (κ2) is 8.84. The van der Waals surface area contributed by atoms with Crippen molar-refractivity contribution in [2.45, 2.75) is 84.4 Å². The molecule has 0 saturated carbocycles. The third-order valence-corrected chi connectivity index (χ3v) is 7.28. The molecule has 0 aliphatic carbocycles. The highest BCUT2D eigenvalue weighted by molar-refractivity contribution is 7.20. The second-order valence-electron chi connectivity index (χ2n) is 9.75. The van der Waals surface area contributed by atoms with Crippen LogP contribution in [0.25, 0.3) is 10.2 Å². The number of rotatable bonds is 2. The quantitative estimate of drug-likeness (QED) is 0.739. The zero-order valence-electron chi connectivity index (χ0n) is 19.3. The molecule has 0 unspecified atom stereocenters. The van der Waals surface area contributed by atoms with Crippen molar-refractivity contribution < 1.29 is 14.3 Å². The van der Waals surface area contributed by atoms with Gasteiger partial charge in [0.05, 0.1) is 10.3 Å². The molecule has 2 aliphatic heterocycles. The van der Waals surface area contributed by atoms with Crippen molar-refractivity contribution in [1.82, 2.24) is 19.8 Å². The fourth-order valence-corrected chi connectivity index (χ4v) is 5.50. The zero-order chi connectivity index (χ0) is 23.0. The number of nitrogens with one attached hydrogen (secondary N) is 1. The number of hydrogen-bond acceptors (Lipinski definition) is 6. The van der Waals surface area contributed by atoms with Gasteiger partial charge >= 0.3 is 6.09 Å². The normalized spacial score (nSPS) is 17.7. The standard InChI is InChI=1S/C23H32N4O4S/c1-14-17-20(25-16-8-6-5-7-11-27(16)21(17)29)32-18(14)19(28)24-15-9-12-26(13-10-15)22(30)31-23(2,3)4/h15H,5-13H2,1-4H3,(H,24,28). The molecule has 4 rings (SSSR count). The average Bonchev–Trinajstić information content (AvgIpc) is 2.89. The number of amides is 2. The molecule has 4 heterocycles. The van der Waals surface area contributed by atoms with E-state index in [1.54, 1.807) is 9.47 Å². The van der Waals surface area contributed by atoms with E-state index in [0.717, 1.165) is 31.5 Å². The van der Waals surface area contributed by atoms with E-state index in [2.05, 4.69) is 5.32 Å². The number of carbonyl (C=O) groups excluding carboxylic acids is 2. The van der Waals surface area contributed by atoms with Crippen molar-refractivity contribution >= 4 is 33.6 Å². The van der Waals surface area contributed by atoms with E-state index in [9.17, 15) is 14.4 Å². The maximum atomic E-state index is 13.1. The van der Waals surface area contributed by atoms with Crippen LogP contribution in [0.3, 0.4) is 0 Å². The zero-order valence-corrected chi connectivity index (χ0v) is 20.1. The molecule has 2 aromatic rings. The molecule has 2 amide bonds. The summed E-state index contributed by atoms with van der Waals surface area (Å²) in [6.07, 6.45) is 4.97. The summed E-state index contributed by atoms with van der Waals surface area (Å²) >= 11 is 1.31. The molecule has 0 aromatic carbocycles. The molecule has 174 valence electrons. The van der Waals surface area contributed by atoms with E-state index in [0.29, 0.717) is 53.1 Å².